The minimum atomic E-state index is -0.358. The lowest BCUT2D eigenvalue weighted by Crippen LogP contribution is -2.40. The molecule has 0 saturated carbocycles. The Labute approximate surface area is 78.6 Å². The second-order valence-corrected chi connectivity index (χ2v) is 2.69. The van der Waals surface area contributed by atoms with Crippen LogP contribution in [-0.2, 0) is 9.59 Å². The van der Waals surface area contributed by atoms with Crippen molar-refractivity contribution in [2.24, 2.45) is 0 Å². The second kappa shape index (κ2) is 7.34. The maximum atomic E-state index is 10.8. The molecule has 4 heteroatoms. The van der Waals surface area contributed by atoms with Gasteiger partial charge < -0.3 is 0 Å². The van der Waals surface area contributed by atoms with Crippen molar-refractivity contribution < 1.29 is 9.59 Å². The topological polar surface area (TPSA) is 49.4 Å². The van der Waals surface area contributed by atoms with Gasteiger partial charge in [0, 0.05) is 6.54 Å². The molecule has 0 rings (SSSR count). The van der Waals surface area contributed by atoms with Crippen LogP contribution in [0, 0.1) is 0 Å². The van der Waals surface area contributed by atoms with Gasteiger partial charge in [-0.25, -0.2) is 0 Å². The van der Waals surface area contributed by atoms with Gasteiger partial charge in [-0.1, -0.05) is 26.3 Å². The van der Waals surface area contributed by atoms with Crippen molar-refractivity contribution in [2.45, 2.75) is 26.2 Å². The molecule has 0 spiro atoms. The smallest absolute Gasteiger partial charge is 0.261 e. The zero-order chi connectivity index (χ0) is 10.1. The van der Waals surface area contributed by atoms with Gasteiger partial charge in [0.15, 0.2) is 0 Å². The zero-order valence-electron chi connectivity index (χ0n) is 7.95. The molecule has 0 aliphatic rings. The minimum absolute atomic E-state index is 0.358. The maximum absolute atomic E-state index is 10.8. The van der Waals surface area contributed by atoms with E-state index < -0.39 is 0 Å². The fraction of sp³-hybridized carbons (Fsp3) is 0.556. The summed E-state index contributed by atoms with van der Waals surface area (Å²) in [5.74, 6) is -0.358. The summed E-state index contributed by atoms with van der Waals surface area (Å²) in [6.45, 7) is 5.92. The molecule has 0 fully saturated rings. The van der Waals surface area contributed by atoms with Gasteiger partial charge in [-0.3, -0.25) is 20.0 Å². The lowest BCUT2D eigenvalue weighted by atomic mass is 10.2. The van der Waals surface area contributed by atoms with E-state index in [0.717, 1.165) is 25.3 Å². The molecule has 1 N–H and O–H groups in total. The Kier molecular flexibility index (Phi) is 6.59. The molecule has 4 nitrogen and oxygen atoms in total. The van der Waals surface area contributed by atoms with E-state index in [1.54, 1.807) is 0 Å². The Morgan fingerprint density at radius 1 is 1.54 bits per heavy atom. The van der Waals surface area contributed by atoms with Crippen molar-refractivity contribution in [3.8, 4) is 0 Å². The highest BCUT2D eigenvalue weighted by molar-refractivity contribution is 5.87. The molecular weight excluding hydrogens is 168 g/mol. The molecule has 74 valence electrons. The van der Waals surface area contributed by atoms with Gasteiger partial charge in [0.05, 0.1) is 0 Å². The summed E-state index contributed by atoms with van der Waals surface area (Å²) in [4.78, 5) is 21.2. The van der Waals surface area contributed by atoms with Gasteiger partial charge in [-0.15, -0.1) is 0 Å². The maximum Gasteiger partial charge on any atom is 0.261 e. The lowest BCUT2D eigenvalue weighted by molar-refractivity contribution is -0.130. The first-order valence-electron chi connectivity index (χ1n) is 4.39. The third-order valence-corrected chi connectivity index (χ3v) is 1.57. The number of hydrogen-bond donors (Lipinski definition) is 1. The van der Waals surface area contributed by atoms with Crippen molar-refractivity contribution in [3.63, 3.8) is 0 Å². The molecule has 0 aromatic rings. The largest absolute Gasteiger partial charge is 0.277 e. The number of hydrazine groups is 1. The normalized spacial score (nSPS) is 9.00. The first kappa shape index (κ1) is 11.7. The number of hydrogen-bond acceptors (Lipinski definition) is 2. The molecule has 0 heterocycles. The molecule has 0 aromatic heterocycles. The molecule has 0 aliphatic heterocycles. The van der Waals surface area contributed by atoms with Crippen LogP contribution in [0.3, 0.4) is 0 Å². The highest BCUT2D eigenvalue weighted by atomic mass is 16.2. The predicted octanol–water partition coefficient (Wildman–Crippen LogP) is 0.852. The van der Waals surface area contributed by atoms with E-state index in [4.69, 9.17) is 0 Å². The molecule has 0 unspecified atom stereocenters. The Hall–Kier alpha value is -1.32. The summed E-state index contributed by atoms with van der Waals surface area (Å²) >= 11 is 0. The molecule has 0 saturated heterocycles. The Morgan fingerprint density at radius 2 is 2.23 bits per heavy atom. The van der Waals surface area contributed by atoms with Gasteiger partial charge in [-0.05, 0) is 12.5 Å². The van der Waals surface area contributed by atoms with Crippen molar-refractivity contribution >= 4 is 12.3 Å². The fourth-order valence-corrected chi connectivity index (χ4v) is 0.854. The number of unbranched alkanes of at least 4 members (excludes halogenated alkanes) is 2. The number of rotatable bonds is 7. The third-order valence-electron chi connectivity index (χ3n) is 1.57. The Balaban J connectivity index is 3.68. The summed E-state index contributed by atoms with van der Waals surface area (Å²) in [5.41, 5.74) is 2.38. The first-order chi connectivity index (χ1) is 6.24. The summed E-state index contributed by atoms with van der Waals surface area (Å²) in [6.07, 6.45) is 4.77. The number of carbonyl (C=O) groups is 2. The van der Waals surface area contributed by atoms with Crippen LogP contribution in [0.1, 0.15) is 26.2 Å². The molecule has 0 atom stereocenters. The van der Waals surface area contributed by atoms with Crippen LogP contribution < -0.4 is 5.43 Å². The molecule has 13 heavy (non-hydrogen) atoms. The van der Waals surface area contributed by atoms with Gasteiger partial charge in [0.25, 0.3) is 5.91 Å². The molecule has 0 aliphatic carbocycles. The van der Waals surface area contributed by atoms with E-state index in [0.29, 0.717) is 13.0 Å². The summed E-state index contributed by atoms with van der Waals surface area (Å²) < 4.78 is 0. The van der Waals surface area contributed by atoms with Crippen LogP contribution in [0.15, 0.2) is 12.7 Å². The predicted molar refractivity (Wildman–Crippen MR) is 50.6 cm³/mol. The third kappa shape index (κ3) is 5.90. The Bertz CT molecular complexity index is 180. The molecule has 2 amide bonds. The highest BCUT2D eigenvalue weighted by Crippen LogP contribution is 1.94. The van der Waals surface area contributed by atoms with Crippen molar-refractivity contribution in [1.29, 1.82) is 0 Å². The van der Waals surface area contributed by atoms with Gasteiger partial charge in [-0.2, -0.15) is 0 Å². The summed E-state index contributed by atoms with van der Waals surface area (Å²) in [7, 11) is 0. The lowest BCUT2D eigenvalue weighted by Gasteiger charge is -2.16. The zero-order valence-corrected chi connectivity index (χ0v) is 7.95. The number of carbonyl (C=O) groups excluding carboxylic acids is 2. The van der Waals surface area contributed by atoms with Crippen LogP contribution in [0.25, 0.3) is 0 Å². The molecule has 0 radical (unpaired) electrons. The van der Waals surface area contributed by atoms with Crippen LogP contribution >= 0.6 is 0 Å². The second-order valence-electron chi connectivity index (χ2n) is 2.69. The van der Waals surface area contributed by atoms with E-state index in [9.17, 15) is 9.59 Å². The molecule has 0 bridgehead atoms. The minimum Gasteiger partial charge on any atom is -0.277 e. The monoisotopic (exact) mass is 184 g/mol. The van der Waals surface area contributed by atoms with Crippen LogP contribution in [-0.4, -0.2) is 23.9 Å². The fourth-order valence-electron chi connectivity index (χ4n) is 0.854. The number of nitrogens with one attached hydrogen (secondary N) is 1. The summed E-state index contributed by atoms with van der Waals surface area (Å²) in [5, 5.41) is 1.24. The van der Waals surface area contributed by atoms with Gasteiger partial charge in [0.2, 0.25) is 6.41 Å². The van der Waals surface area contributed by atoms with E-state index >= 15 is 0 Å². The average molecular weight is 184 g/mol. The van der Waals surface area contributed by atoms with Crippen molar-refractivity contribution in [3.05, 3.63) is 12.7 Å². The average Bonchev–Trinajstić information content (AvgIpc) is 2.16. The first-order valence-corrected chi connectivity index (χ1v) is 4.39. The quantitative estimate of drug-likeness (QED) is 0.276. The van der Waals surface area contributed by atoms with E-state index in [1.807, 2.05) is 0 Å². The van der Waals surface area contributed by atoms with E-state index in [-0.39, 0.29) is 5.91 Å². The van der Waals surface area contributed by atoms with Crippen LogP contribution in [0.5, 0.6) is 0 Å². The highest BCUT2D eigenvalue weighted by Gasteiger charge is 2.02. The SMILES string of the molecule is C=CC(=O)NN(C=O)CCCCC. The van der Waals surface area contributed by atoms with Crippen LogP contribution in [0.2, 0.25) is 0 Å². The van der Waals surface area contributed by atoms with Gasteiger partial charge in [0.1, 0.15) is 0 Å². The van der Waals surface area contributed by atoms with Crippen molar-refractivity contribution in [1.82, 2.24) is 10.4 Å². The van der Waals surface area contributed by atoms with Crippen molar-refractivity contribution in [2.75, 3.05) is 6.54 Å². The molecular formula is C9H16N2O2. The summed E-state index contributed by atoms with van der Waals surface area (Å²) in [6, 6.07) is 0. The number of nitrogens with zero attached hydrogens (tertiary/aromatic N) is 1. The van der Waals surface area contributed by atoms with E-state index in [2.05, 4.69) is 18.9 Å². The number of amides is 2. The van der Waals surface area contributed by atoms with Gasteiger partial charge >= 0.3 is 0 Å². The molecule has 0 aromatic carbocycles. The standard InChI is InChI=1S/C9H16N2O2/c1-3-5-6-7-11(8-12)10-9(13)4-2/h4,8H,2-3,5-7H2,1H3,(H,10,13). The Morgan fingerprint density at radius 3 is 2.69 bits per heavy atom. The van der Waals surface area contributed by atoms with Crippen LogP contribution in [0.4, 0.5) is 0 Å². The van der Waals surface area contributed by atoms with E-state index in [1.165, 1.54) is 5.01 Å².